The molecule has 3 nitrogen and oxygen atoms in total. The third-order valence-corrected chi connectivity index (χ3v) is 3.75. The van der Waals surface area contributed by atoms with Crippen molar-refractivity contribution < 1.29 is 5.11 Å². The molecule has 0 saturated heterocycles. The van der Waals surface area contributed by atoms with Crippen molar-refractivity contribution in [2.75, 3.05) is 19.6 Å². The molecule has 2 aromatic rings. The highest BCUT2D eigenvalue weighted by molar-refractivity contribution is 7.07. The Labute approximate surface area is 118 Å². The fourth-order valence-electron chi connectivity index (χ4n) is 2.07. The van der Waals surface area contributed by atoms with Crippen LogP contribution in [0.15, 0.2) is 47.2 Å². The maximum atomic E-state index is 10.2. The summed E-state index contributed by atoms with van der Waals surface area (Å²) >= 11 is 1.61. The number of thiophene rings is 1. The van der Waals surface area contributed by atoms with Gasteiger partial charge < -0.3 is 10.8 Å². The van der Waals surface area contributed by atoms with Crippen LogP contribution in [0.4, 0.5) is 0 Å². The van der Waals surface area contributed by atoms with Crippen LogP contribution in [0.3, 0.4) is 0 Å². The maximum absolute atomic E-state index is 10.2. The Bertz CT molecular complexity index is 458. The van der Waals surface area contributed by atoms with Gasteiger partial charge in [-0.25, -0.2) is 0 Å². The first-order chi connectivity index (χ1) is 9.29. The second kappa shape index (κ2) is 7.40. The Hall–Kier alpha value is -1.20. The van der Waals surface area contributed by atoms with Crippen LogP contribution >= 0.6 is 11.3 Å². The van der Waals surface area contributed by atoms with E-state index in [1.807, 2.05) is 35.0 Å². The molecular weight excluding hydrogens is 256 g/mol. The van der Waals surface area contributed by atoms with Crippen LogP contribution in [-0.2, 0) is 6.54 Å². The van der Waals surface area contributed by atoms with Gasteiger partial charge in [0, 0.05) is 26.2 Å². The van der Waals surface area contributed by atoms with E-state index in [0.717, 1.165) is 18.7 Å². The molecule has 1 aromatic carbocycles. The summed E-state index contributed by atoms with van der Waals surface area (Å²) in [4.78, 5) is 2.19. The predicted octanol–water partition coefficient (Wildman–Crippen LogP) is 2.24. The number of benzene rings is 1. The number of nitrogens with two attached hydrogens (primary N) is 1. The van der Waals surface area contributed by atoms with Gasteiger partial charge in [0.25, 0.3) is 0 Å². The summed E-state index contributed by atoms with van der Waals surface area (Å²) in [6.45, 7) is 2.82. The second-order valence-electron chi connectivity index (χ2n) is 4.58. The fraction of sp³-hybridized carbons (Fsp3) is 0.333. The molecular formula is C15H20N2OS. The first kappa shape index (κ1) is 14.2. The summed E-state index contributed by atoms with van der Waals surface area (Å²) in [6.07, 6.45) is -0.443. The molecule has 0 aliphatic heterocycles. The minimum atomic E-state index is -0.443. The molecule has 0 aliphatic rings. The zero-order chi connectivity index (χ0) is 13.5. The molecule has 0 radical (unpaired) electrons. The predicted molar refractivity (Wildman–Crippen MR) is 80.1 cm³/mol. The number of rotatable bonds is 7. The maximum Gasteiger partial charge on any atom is 0.0925 e. The van der Waals surface area contributed by atoms with Gasteiger partial charge in [0.15, 0.2) is 0 Å². The molecule has 0 saturated carbocycles. The lowest BCUT2D eigenvalue weighted by Crippen LogP contribution is -2.32. The zero-order valence-electron chi connectivity index (χ0n) is 10.9. The van der Waals surface area contributed by atoms with Crippen LogP contribution in [-0.4, -0.2) is 29.6 Å². The Balaban J connectivity index is 1.96. The largest absolute Gasteiger partial charge is 0.387 e. The highest BCUT2D eigenvalue weighted by atomic mass is 32.1. The normalized spacial score (nSPS) is 12.8. The van der Waals surface area contributed by atoms with Crippen LogP contribution in [0, 0.1) is 0 Å². The molecule has 0 bridgehead atoms. The van der Waals surface area contributed by atoms with Crippen molar-refractivity contribution in [3.8, 4) is 0 Å². The van der Waals surface area contributed by atoms with Crippen molar-refractivity contribution in [2.24, 2.45) is 5.73 Å². The number of hydrogen-bond acceptors (Lipinski definition) is 4. The van der Waals surface area contributed by atoms with E-state index in [4.69, 9.17) is 5.73 Å². The summed E-state index contributed by atoms with van der Waals surface area (Å²) < 4.78 is 0. The van der Waals surface area contributed by atoms with Gasteiger partial charge in [0.1, 0.15) is 0 Å². The van der Waals surface area contributed by atoms with E-state index in [2.05, 4.69) is 17.0 Å². The van der Waals surface area contributed by atoms with E-state index in [1.165, 1.54) is 5.56 Å². The average Bonchev–Trinajstić information content (AvgIpc) is 2.94. The molecule has 2 rings (SSSR count). The fourth-order valence-corrected chi connectivity index (χ4v) is 2.78. The van der Waals surface area contributed by atoms with Crippen molar-refractivity contribution in [2.45, 2.75) is 12.6 Å². The van der Waals surface area contributed by atoms with Crippen molar-refractivity contribution in [1.29, 1.82) is 0 Å². The molecule has 19 heavy (non-hydrogen) atoms. The molecule has 0 aliphatic carbocycles. The summed E-state index contributed by atoms with van der Waals surface area (Å²) in [5, 5.41) is 14.2. The Kier molecular flexibility index (Phi) is 5.54. The third-order valence-electron chi connectivity index (χ3n) is 3.05. The second-order valence-corrected chi connectivity index (χ2v) is 5.36. The standard InChI is InChI=1S/C15H20N2OS/c16-7-8-17(10-13-4-2-1-3-5-13)11-15(18)14-6-9-19-12-14/h1-6,9,12,15,18H,7-8,10-11,16H2. The van der Waals surface area contributed by atoms with Crippen LogP contribution in [0.1, 0.15) is 17.2 Å². The molecule has 0 amide bonds. The van der Waals surface area contributed by atoms with Gasteiger partial charge in [-0.05, 0) is 28.0 Å². The number of aliphatic hydroxyl groups excluding tert-OH is 1. The van der Waals surface area contributed by atoms with Crippen LogP contribution < -0.4 is 5.73 Å². The number of hydrogen-bond donors (Lipinski definition) is 2. The zero-order valence-corrected chi connectivity index (χ0v) is 11.7. The lowest BCUT2D eigenvalue weighted by molar-refractivity contribution is 0.111. The van der Waals surface area contributed by atoms with E-state index in [0.29, 0.717) is 13.1 Å². The van der Waals surface area contributed by atoms with Crippen LogP contribution in [0.2, 0.25) is 0 Å². The molecule has 0 fully saturated rings. The molecule has 4 heteroatoms. The molecule has 1 atom stereocenters. The summed E-state index contributed by atoms with van der Waals surface area (Å²) in [6, 6.07) is 12.2. The SMILES string of the molecule is NCCN(Cc1ccccc1)CC(O)c1ccsc1. The smallest absolute Gasteiger partial charge is 0.0925 e. The molecule has 1 aromatic heterocycles. The first-order valence-corrected chi connectivity index (χ1v) is 7.40. The third kappa shape index (κ3) is 4.44. The quantitative estimate of drug-likeness (QED) is 0.815. The topological polar surface area (TPSA) is 49.5 Å². The first-order valence-electron chi connectivity index (χ1n) is 6.46. The monoisotopic (exact) mass is 276 g/mol. The van der Waals surface area contributed by atoms with Gasteiger partial charge in [-0.2, -0.15) is 11.3 Å². The van der Waals surface area contributed by atoms with E-state index >= 15 is 0 Å². The molecule has 102 valence electrons. The summed E-state index contributed by atoms with van der Waals surface area (Å²) in [5.41, 5.74) is 7.89. The number of nitrogens with zero attached hydrogens (tertiary/aromatic N) is 1. The van der Waals surface area contributed by atoms with Gasteiger partial charge in [0.2, 0.25) is 0 Å². The Morgan fingerprint density at radius 2 is 2.00 bits per heavy atom. The van der Waals surface area contributed by atoms with Crippen molar-refractivity contribution >= 4 is 11.3 Å². The van der Waals surface area contributed by atoms with E-state index in [9.17, 15) is 5.11 Å². The summed E-state index contributed by atoms with van der Waals surface area (Å²) in [5.74, 6) is 0. The lowest BCUT2D eigenvalue weighted by Gasteiger charge is -2.24. The van der Waals surface area contributed by atoms with Gasteiger partial charge in [-0.1, -0.05) is 30.3 Å². The molecule has 1 unspecified atom stereocenters. The average molecular weight is 276 g/mol. The van der Waals surface area contributed by atoms with Crippen LogP contribution in [0.25, 0.3) is 0 Å². The van der Waals surface area contributed by atoms with E-state index < -0.39 is 6.10 Å². The highest BCUT2D eigenvalue weighted by Crippen LogP contribution is 2.18. The van der Waals surface area contributed by atoms with Crippen molar-refractivity contribution in [1.82, 2.24) is 4.90 Å². The minimum absolute atomic E-state index is 0.443. The van der Waals surface area contributed by atoms with Crippen LogP contribution in [0.5, 0.6) is 0 Å². The van der Waals surface area contributed by atoms with Gasteiger partial charge >= 0.3 is 0 Å². The van der Waals surface area contributed by atoms with Gasteiger partial charge in [0.05, 0.1) is 6.10 Å². The minimum Gasteiger partial charge on any atom is -0.387 e. The number of aliphatic hydroxyl groups is 1. The van der Waals surface area contributed by atoms with Crippen molar-refractivity contribution in [3.05, 3.63) is 58.3 Å². The molecule has 0 spiro atoms. The molecule has 1 heterocycles. The van der Waals surface area contributed by atoms with Crippen molar-refractivity contribution in [3.63, 3.8) is 0 Å². The van der Waals surface area contributed by atoms with E-state index in [1.54, 1.807) is 11.3 Å². The highest BCUT2D eigenvalue weighted by Gasteiger charge is 2.13. The van der Waals surface area contributed by atoms with Gasteiger partial charge in [-0.3, -0.25) is 4.90 Å². The Morgan fingerprint density at radius 1 is 1.21 bits per heavy atom. The molecule has 3 N–H and O–H groups in total. The Morgan fingerprint density at radius 3 is 2.63 bits per heavy atom. The van der Waals surface area contributed by atoms with Gasteiger partial charge in [-0.15, -0.1) is 0 Å². The van der Waals surface area contributed by atoms with E-state index in [-0.39, 0.29) is 0 Å². The lowest BCUT2D eigenvalue weighted by atomic mass is 10.1. The summed E-state index contributed by atoms with van der Waals surface area (Å²) in [7, 11) is 0.